The lowest BCUT2D eigenvalue weighted by atomic mass is 10.2. The van der Waals surface area contributed by atoms with E-state index in [1.807, 2.05) is 0 Å². The first-order valence-corrected chi connectivity index (χ1v) is 9.34. The van der Waals surface area contributed by atoms with Crippen LogP contribution in [0.25, 0.3) is 10.9 Å². The molecule has 0 aliphatic rings. The average molecular weight is 398 g/mol. The minimum atomic E-state index is 0.543. The molecule has 0 bridgehead atoms. The molecule has 0 spiro atoms. The third-order valence-corrected chi connectivity index (χ3v) is 3.96. The molecule has 0 radical (unpaired) electrons. The Kier molecular flexibility index (Phi) is 4.43. The lowest BCUT2D eigenvalue weighted by Gasteiger charge is -2.04. The molecule has 80 valence electrons. The standard InChI is InChI=1S/C10H10BrINOP/c11-9-1-2-10-8(7-9)3-4-13(10)5-6-14-15-12/h1-4,7,15H,5-6H2. The summed E-state index contributed by atoms with van der Waals surface area (Å²) in [6.45, 7) is 2.24. The predicted octanol–water partition coefficient (Wildman–Crippen LogP) is 4.36. The van der Waals surface area contributed by atoms with Crippen LogP contribution in [0.3, 0.4) is 0 Å². The average Bonchev–Trinajstić information content (AvgIpc) is 2.61. The summed E-state index contributed by atoms with van der Waals surface area (Å²) < 4.78 is 8.71. The second-order valence-electron chi connectivity index (χ2n) is 3.14. The molecule has 1 aromatic heterocycles. The summed E-state index contributed by atoms with van der Waals surface area (Å²) in [7, 11) is 0. The summed E-state index contributed by atoms with van der Waals surface area (Å²) in [4.78, 5) is 0. The lowest BCUT2D eigenvalue weighted by molar-refractivity contribution is 0.348. The smallest absolute Gasteiger partial charge is 0.0794 e. The zero-order valence-electron chi connectivity index (χ0n) is 7.91. The molecule has 0 aliphatic carbocycles. The Balaban J connectivity index is 2.21. The van der Waals surface area contributed by atoms with Crippen molar-refractivity contribution < 1.29 is 4.52 Å². The first kappa shape index (κ1) is 11.8. The van der Waals surface area contributed by atoms with Crippen molar-refractivity contribution in [2.75, 3.05) is 6.61 Å². The molecule has 0 saturated carbocycles. The fraction of sp³-hybridized carbons (Fsp3) is 0.200. The highest BCUT2D eigenvalue weighted by molar-refractivity contribution is 14.2. The molecule has 0 saturated heterocycles. The van der Waals surface area contributed by atoms with Gasteiger partial charge in [0, 0.05) is 28.1 Å². The summed E-state index contributed by atoms with van der Waals surface area (Å²) in [5.74, 6) is 0. The molecule has 0 aliphatic heterocycles. The van der Waals surface area contributed by atoms with Crippen LogP contribution < -0.4 is 0 Å². The van der Waals surface area contributed by atoms with Gasteiger partial charge in [-0.1, -0.05) is 15.9 Å². The van der Waals surface area contributed by atoms with Gasteiger partial charge < -0.3 is 9.09 Å². The van der Waals surface area contributed by atoms with Crippen molar-refractivity contribution in [3.8, 4) is 0 Å². The van der Waals surface area contributed by atoms with Gasteiger partial charge >= 0.3 is 0 Å². The van der Waals surface area contributed by atoms with Crippen molar-refractivity contribution >= 4 is 55.3 Å². The molecule has 0 N–H and O–H groups in total. The molecule has 2 aromatic rings. The van der Waals surface area contributed by atoms with Gasteiger partial charge in [-0.25, -0.2) is 0 Å². The topological polar surface area (TPSA) is 14.2 Å². The summed E-state index contributed by atoms with van der Waals surface area (Å²) >= 11 is 5.71. The number of nitrogens with zero attached hydrogens (tertiary/aromatic N) is 1. The molecule has 2 nitrogen and oxygen atoms in total. The van der Waals surface area contributed by atoms with Crippen molar-refractivity contribution in [1.82, 2.24) is 4.57 Å². The van der Waals surface area contributed by atoms with Crippen LogP contribution in [0, 0.1) is 0 Å². The second kappa shape index (κ2) is 5.62. The zero-order chi connectivity index (χ0) is 10.7. The number of aromatic nitrogens is 1. The van der Waals surface area contributed by atoms with Crippen LogP contribution in [0.5, 0.6) is 0 Å². The molecular formula is C10H10BrINOP. The number of hydrogen-bond acceptors (Lipinski definition) is 1. The van der Waals surface area contributed by atoms with E-state index in [1.54, 1.807) is 0 Å². The molecule has 1 heterocycles. The lowest BCUT2D eigenvalue weighted by Crippen LogP contribution is -2.00. The van der Waals surface area contributed by atoms with Gasteiger partial charge in [0.05, 0.1) is 13.1 Å². The van der Waals surface area contributed by atoms with Crippen LogP contribution in [0.15, 0.2) is 34.9 Å². The highest BCUT2D eigenvalue weighted by Crippen LogP contribution is 2.23. The highest BCUT2D eigenvalue weighted by atomic mass is 127. The molecule has 15 heavy (non-hydrogen) atoms. The maximum Gasteiger partial charge on any atom is 0.0794 e. The normalized spacial score (nSPS) is 11.9. The number of benzene rings is 1. The van der Waals surface area contributed by atoms with E-state index in [1.165, 1.54) is 10.9 Å². The number of halogens is 2. The summed E-state index contributed by atoms with van der Waals surface area (Å²) in [6.07, 6.45) is 2.11. The Bertz CT molecular complexity index is 460. The van der Waals surface area contributed by atoms with E-state index in [0.29, 0.717) is 6.45 Å². The van der Waals surface area contributed by atoms with Crippen molar-refractivity contribution in [2.45, 2.75) is 6.54 Å². The first-order valence-electron chi connectivity index (χ1n) is 4.53. The fourth-order valence-electron chi connectivity index (χ4n) is 1.55. The Morgan fingerprint density at radius 1 is 1.40 bits per heavy atom. The molecule has 0 amide bonds. The summed E-state index contributed by atoms with van der Waals surface area (Å²) in [6, 6.07) is 8.46. The van der Waals surface area contributed by atoms with Crippen molar-refractivity contribution in [3.05, 3.63) is 34.9 Å². The monoisotopic (exact) mass is 397 g/mol. The zero-order valence-corrected chi connectivity index (χ0v) is 12.7. The van der Waals surface area contributed by atoms with E-state index in [2.05, 4.69) is 73.0 Å². The quantitative estimate of drug-likeness (QED) is 0.424. The maximum atomic E-state index is 5.36. The van der Waals surface area contributed by atoms with Gasteiger partial charge in [-0.05, 0) is 46.3 Å². The Labute approximate surface area is 112 Å². The third-order valence-electron chi connectivity index (χ3n) is 2.22. The number of hydrogen-bond donors (Lipinski definition) is 0. The fourth-order valence-corrected chi connectivity index (χ4v) is 2.76. The summed E-state index contributed by atoms with van der Waals surface area (Å²) in [5.41, 5.74) is 1.26. The largest absolute Gasteiger partial charge is 0.350 e. The molecule has 5 heteroatoms. The van der Waals surface area contributed by atoms with E-state index < -0.39 is 0 Å². The first-order chi connectivity index (χ1) is 7.31. The van der Waals surface area contributed by atoms with Crippen molar-refractivity contribution in [1.29, 1.82) is 0 Å². The van der Waals surface area contributed by atoms with Gasteiger partial charge in [0.1, 0.15) is 0 Å². The SMILES string of the molecule is Brc1ccc2c(ccn2CCOPI)c1. The van der Waals surface area contributed by atoms with Crippen LogP contribution in [0.1, 0.15) is 0 Å². The van der Waals surface area contributed by atoms with Crippen LogP contribution >= 0.6 is 44.4 Å². The van der Waals surface area contributed by atoms with Crippen molar-refractivity contribution in [3.63, 3.8) is 0 Å². The van der Waals surface area contributed by atoms with Gasteiger partial charge in [-0.3, -0.25) is 0 Å². The van der Waals surface area contributed by atoms with Crippen LogP contribution in [-0.4, -0.2) is 11.2 Å². The third kappa shape index (κ3) is 2.93. The minimum Gasteiger partial charge on any atom is -0.350 e. The molecule has 1 aromatic carbocycles. The molecule has 2 rings (SSSR count). The Morgan fingerprint density at radius 2 is 2.27 bits per heavy atom. The van der Waals surface area contributed by atoms with Crippen LogP contribution in [0.4, 0.5) is 0 Å². The Morgan fingerprint density at radius 3 is 3.07 bits per heavy atom. The highest BCUT2D eigenvalue weighted by Gasteiger charge is 2.00. The molecule has 0 fully saturated rings. The van der Waals surface area contributed by atoms with E-state index >= 15 is 0 Å². The molecule has 1 atom stereocenters. The van der Waals surface area contributed by atoms with Crippen LogP contribution in [-0.2, 0) is 11.1 Å². The van der Waals surface area contributed by atoms with E-state index in [-0.39, 0.29) is 0 Å². The van der Waals surface area contributed by atoms with E-state index in [9.17, 15) is 0 Å². The number of rotatable bonds is 4. The second-order valence-corrected chi connectivity index (χ2v) is 5.82. The van der Waals surface area contributed by atoms with Gasteiger partial charge in [0.2, 0.25) is 0 Å². The van der Waals surface area contributed by atoms with Gasteiger partial charge in [-0.15, -0.1) is 0 Å². The summed E-state index contributed by atoms with van der Waals surface area (Å²) in [5, 5.41) is 1.27. The minimum absolute atomic E-state index is 0.543. The molecular weight excluding hydrogens is 388 g/mol. The Hall–Kier alpha value is 0.360. The van der Waals surface area contributed by atoms with Crippen molar-refractivity contribution in [2.24, 2.45) is 0 Å². The van der Waals surface area contributed by atoms with Gasteiger partial charge in [0.25, 0.3) is 0 Å². The maximum absolute atomic E-state index is 5.36. The van der Waals surface area contributed by atoms with E-state index in [0.717, 1.165) is 17.6 Å². The predicted molar refractivity (Wildman–Crippen MR) is 77.9 cm³/mol. The van der Waals surface area contributed by atoms with Gasteiger partial charge in [0.15, 0.2) is 0 Å². The van der Waals surface area contributed by atoms with Crippen LogP contribution in [0.2, 0.25) is 0 Å². The number of fused-ring (bicyclic) bond motifs is 1. The van der Waals surface area contributed by atoms with Gasteiger partial charge in [-0.2, -0.15) is 0 Å². The molecule has 1 unspecified atom stereocenters. The van der Waals surface area contributed by atoms with E-state index in [4.69, 9.17) is 4.52 Å².